The average molecular weight is 281 g/mol. The minimum Gasteiger partial charge on any atom is -0.293 e. The van der Waals surface area contributed by atoms with E-state index in [-0.39, 0.29) is 5.78 Å². The largest absolute Gasteiger partial charge is 0.293 e. The Kier molecular flexibility index (Phi) is 4.97. The minimum absolute atomic E-state index is 0.105. The highest BCUT2D eigenvalue weighted by atomic mass is 32.2. The lowest BCUT2D eigenvalue weighted by atomic mass is 10.1. The Morgan fingerprint density at radius 3 is 2.50 bits per heavy atom. The molecule has 2 nitrogen and oxygen atoms in total. The zero-order valence-electron chi connectivity index (χ0n) is 11.3. The number of hydrogen-bond donors (Lipinski definition) is 0. The number of carbonyl (C=O) groups excluding carboxylic acids is 1. The molecule has 0 unspecified atom stereocenters. The van der Waals surface area contributed by atoms with Crippen molar-refractivity contribution in [3.05, 3.63) is 70.8 Å². The molecular formula is C17H15NOS. The first-order valence-corrected chi connectivity index (χ1v) is 7.52. The zero-order valence-corrected chi connectivity index (χ0v) is 12.1. The van der Waals surface area contributed by atoms with Crippen LogP contribution in [-0.2, 0) is 5.75 Å². The van der Waals surface area contributed by atoms with E-state index in [0.29, 0.717) is 16.9 Å². The summed E-state index contributed by atoms with van der Waals surface area (Å²) in [5.74, 6) is 1.41. The van der Waals surface area contributed by atoms with E-state index in [1.165, 1.54) is 11.1 Å². The van der Waals surface area contributed by atoms with Crippen molar-refractivity contribution in [2.24, 2.45) is 0 Å². The molecule has 100 valence electrons. The Bertz CT molecular complexity index is 641. The lowest BCUT2D eigenvalue weighted by Gasteiger charge is -2.05. The summed E-state index contributed by atoms with van der Waals surface area (Å²) in [6.07, 6.45) is 0. The van der Waals surface area contributed by atoms with Gasteiger partial charge in [0.05, 0.1) is 17.4 Å². The van der Waals surface area contributed by atoms with E-state index in [1.54, 1.807) is 36.0 Å². The van der Waals surface area contributed by atoms with Crippen LogP contribution in [0.15, 0.2) is 48.5 Å². The fraction of sp³-hybridized carbons (Fsp3) is 0.176. The standard InChI is InChI=1S/C17H15NOS/c1-13-4-2-3-5-16(13)11-20-12-17(19)15-8-6-14(10-18)7-9-15/h2-9H,11-12H2,1H3. The van der Waals surface area contributed by atoms with E-state index in [4.69, 9.17) is 5.26 Å². The molecule has 0 amide bonds. The molecule has 0 heterocycles. The molecule has 0 aliphatic rings. The molecule has 2 aromatic carbocycles. The lowest BCUT2D eigenvalue weighted by molar-refractivity contribution is 0.102. The van der Waals surface area contributed by atoms with E-state index in [9.17, 15) is 4.79 Å². The van der Waals surface area contributed by atoms with Crippen LogP contribution in [0.25, 0.3) is 0 Å². The smallest absolute Gasteiger partial charge is 0.172 e. The summed E-state index contributed by atoms with van der Waals surface area (Å²) in [5, 5.41) is 8.72. The van der Waals surface area contributed by atoms with E-state index in [0.717, 1.165) is 5.75 Å². The number of Topliss-reactive ketones (excluding diaryl/α,β-unsaturated/α-hetero) is 1. The van der Waals surface area contributed by atoms with Gasteiger partial charge < -0.3 is 0 Å². The van der Waals surface area contributed by atoms with Gasteiger partial charge in [-0.15, -0.1) is 11.8 Å². The number of aryl methyl sites for hydroxylation is 1. The maximum absolute atomic E-state index is 12.0. The van der Waals surface area contributed by atoms with E-state index >= 15 is 0 Å². The molecule has 0 N–H and O–H groups in total. The molecule has 0 atom stereocenters. The first kappa shape index (κ1) is 14.4. The number of hydrogen-bond acceptors (Lipinski definition) is 3. The fourth-order valence-electron chi connectivity index (χ4n) is 1.84. The summed E-state index contributed by atoms with van der Waals surface area (Å²) in [5.41, 5.74) is 3.77. The van der Waals surface area contributed by atoms with Crippen molar-refractivity contribution in [3.8, 4) is 6.07 Å². The Labute approximate surface area is 123 Å². The Hall–Kier alpha value is -2.05. The molecule has 3 heteroatoms. The summed E-state index contributed by atoms with van der Waals surface area (Å²) < 4.78 is 0. The van der Waals surface area contributed by atoms with Crippen LogP contribution in [0.2, 0.25) is 0 Å². The minimum atomic E-state index is 0.105. The second kappa shape index (κ2) is 6.93. The summed E-state index contributed by atoms with van der Waals surface area (Å²) in [7, 11) is 0. The van der Waals surface area contributed by atoms with Crippen LogP contribution in [0, 0.1) is 18.3 Å². The molecule has 0 fully saturated rings. The SMILES string of the molecule is Cc1ccccc1CSCC(=O)c1ccc(C#N)cc1. The summed E-state index contributed by atoms with van der Waals surface area (Å²) >= 11 is 1.62. The van der Waals surface area contributed by atoms with Gasteiger partial charge in [-0.2, -0.15) is 5.26 Å². The van der Waals surface area contributed by atoms with Gasteiger partial charge in [0.15, 0.2) is 5.78 Å². The van der Waals surface area contributed by atoms with E-state index in [1.807, 2.05) is 18.2 Å². The van der Waals surface area contributed by atoms with Gasteiger partial charge >= 0.3 is 0 Å². The molecule has 0 bridgehead atoms. The van der Waals surface area contributed by atoms with Crippen LogP contribution in [0.3, 0.4) is 0 Å². The number of ketones is 1. The molecule has 0 aliphatic heterocycles. The third kappa shape index (κ3) is 3.72. The van der Waals surface area contributed by atoms with Crippen LogP contribution in [-0.4, -0.2) is 11.5 Å². The van der Waals surface area contributed by atoms with Crippen molar-refractivity contribution in [2.75, 3.05) is 5.75 Å². The Balaban J connectivity index is 1.89. The summed E-state index contributed by atoms with van der Waals surface area (Å²) in [4.78, 5) is 12.0. The van der Waals surface area contributed by atoms with Crippen LogP contribution in [0.4, 0.5) is 0 Å². The predicted molar refractivity (Wildman–Crippen MR) is 82.8 cm³/mol. The van der Waals surface area contributed by atoms with Crippen molar-refractivity contribution in [3.63, 3.8) is 0 Å². The molecule has 0 radical (unpaired) electrons. The average Bonchev–Trinajstić information content (AvgIpc) is 2.49. The predicted octanol–water partition coefficient (Wildman–Crippen LogP) is 3.98. The molecule has 0 saturated carbocycles. The fourth-order valence-corrected chi connectivity index (χ4v) is 2.84. The van der Waals surface area contributed by atoms with Gasteiger partial charge in [0.2, 0.25) is 0 Å². The molecule has 2 aromatic rings. The number of benzene rings is 2. The van der Waals surface area contributed by atoms with Crippen LogP contribution in [0.5, 0.6) is 0 Å². The molecule has 0 spiro atoms. The number of thioether (sulfide) groups is 1. The number of nitrogens with zero attached hydrogens (tertiary/aromatic N) is 1. The van der Waals surface area contributed by atoms with Crippen molar-refractivity contribution in [2.45, 2.75) is 12.7 Å². The van der Waals surface area contributed by atoms with Gasteiger partial charge in [-0.25, -0.2) is 0 Å². The van der Waals surface area contributed by atoms with Gasteiger partial charge in [0, 0.05) is 11.3 Å². The van der Waals surface area contributed by atoms with Crippen LogP contribution < -0.4 is 0 Å². The van der Waals surface area contributed by atoms with E-state index < -0.39 is 0 Å². The molecule has 2 rings (SSSR count). The van der Waals surface area contributed by atoms with Crippen LogP contribution in [0.1, 0.15) is 27.0 Å². The van der Waals surface area contributed by atoms with Gasteiger partial charge in [-0.05, 0) is 30.2 Å². The monoisotopic (exact) mass is 281 g/mol. The number of carbonyl (C=O) groups is 1. The molecule has 0 aromatic heterocycles. The third-order valence-electron chi connectivity index (χ3n) is 3.09. The van der Waals surface area contributed by atoms with Crippen molar-refractivity contribution < 1.29 is 4.79 Å². The highest BCUT2D eigenvalue weighted by molar-refractivity contribution is 7.99. The van der Waals surface area contributed by atoms with Crippen molar-refractivity contribution in [1.29, 1.82) is 5.26 Å². The normalized spacial score (nSPS) is 10.0. The molecule has 20 heavy (non-hydrogen) atoms. The molecule has 0 saturated heterocycles. The second-order valence-electron chi connectivity index (χ2n) is 4.53. The number of rotatable bonds is 5. The van der Waals surface area contributed by atoms with Gasteiger partial charge in [-0.3, -0.25) is 4.79 Å². The number of nitriles is 1. The maximum Gasteiger partial charge on any atom is 0.172 e. The zero-order chi connectivity index (χ0) is 14.4. The first-order valence-electron chi connectivity index (χ1n) is 6.36. The van der Waals surface area contributed by atoms with Gasteiger partial charge in [-0.1, -0.05) is 36.4 Å². The molecule has 0 aliphatic carbocycles. The second-order valence-corrected chi connectivity index (χ2v) is 5.52. The molecular weight excluding hydrogens is 266 g/mol. The highest BCUT2D eigenvalue weighted by Gasteiger charge is 2.06. The van der Waals surface area contributed by atoms with E-state index in [2.05, 4.69) is 19.1 Å². The van der Waals surface area contributed by atoms with Crippen molar-refractivity contribution in [1.82, 2.24) is 0 Å². The lowest BCUT2D eigenvalue weighted by Crippen LogP contribution is -2.02. The Morgan fingerprint density at radius 2 is 1.85 bits per heavy atom. The van der Waals surface area contributed by atoms with Crippen LogP contribution >= 0.6 is 11.8 Å². The Morgan fingerprint density at radius 1 is 1.15 bits per heavy atom. The summed E-state index contributed by atoms with van der Waals surface area (Å²) in [6, 6.07) is 17.1. The van der Waals surface area contributed by atoms with Gasteiger partial charge in [0.1, 0.15) is 0 Å². The third-order valence-corrected chi connectivity index (χ3v) is 4.07. The first-order chi connectivity index (χ1) is 9.70. The van der Waals surface area contributed by atoms with Gasteiger partial charge in [0.25, 0.3) is 0 Å². The highest BCUT2D eigenvalue weighted by Crippen LogP contribution is 2.17. The topological polar surface area (TPSA) is 40.9 Å². The quantitative estimate of drug-likeness (QED) is 0.778. The van der Waals surface area contributed by atoms with Crippen molar-refractivity contribution >= 4 is 17.5 Å². The maximum atomic E-state index is 12.0. The summed E-state index contributed by atoms with van der Waals surface area (Å²) in [6.45, 7) is 2.08.